The van der Waals surface area contributed by atoms with Gasteiger partial charge in [-0.05, 0) is 43.2 Å². The van der Waals surface area contributed by atoms with Crippen LogP contribution in [-0.2, 0) is 19.6 Å². The number of benzene rings is 2. The topological polar surface area (TPSA) is 123 Å². The fraction of sp³-hybridized carbons (Fsp3) is 0.333. The van der Waals surface area contributed by atoms with Crippen molar-refractivity contribution in [1.82, 2.24) is 5.32 Å². The molecule has 3 N–H and O–H groups in total. The van der Waals surface area contributed by atoms with Crippen molar-refractivity contribution in [3.8, 4) is 5.75 Å². The van der Waals surface area contributed by atoms with Crippen molar-refractivity contribution < 1.29 is 27.5 Å². The molecule has 1 aliphatic heterocycles. The fourth-order valence-corrected chi connectivity index (χ4v) is 4.33. The van der Waals surface area contributed by atoms with Gasteiger partial charge in [0, 0.05) is 20.1 Å². The van der Waals surface area contributed by atoms with Crippen LogP contribution in [0.2, 0.25) is 0 Å². The lowest BCUT2D eigenvalue weighted by atomic mass is 10.1. The first-order chi connectivity index (χ1) is 14.8. The zero-order valence-corrected chi connectivity index (χ0v) is 18.1. The Morgan fingerprint density at radius 2 is 1.94 bits per heavy atom. The highest BCUT2D eigenvalue weighted by Crippen LogP contribution is 2.29. The number of hydrogen-bond acceptors (Lipinski definition) is 6. The number of nitrogens with one attached hydrogen (secondary N) is 3. The lowest BCUT2D eigenvalue weighted by molar-refractivity contribution is -0.114. The van der Waals surface area contributed by atoms with Crippen molar-refractivity contribution >= 4 is 33.2 Å². The Morgan fingerprint density at radius 1 is 1.16 bits per heavy atom. The summed E-state index contributed by atoms with van der Waals surface area (Å²) in [5.74, 6) is -0.445. The molecule has 10 heteroatoms. The van der Waals surface area contributed by atoms with Crippen molar-refractivity contribution in [3.05, 3.63) is 48.0 Å². The first kappa shape index (κ1) is 22.6. The standard InChI is InChI=1S/C21H25N3O6S/c1-14(25)23-19-12-16(9-10-20(19)29-2)31(27,28)24-18-8-4-3-7-17(18)21(26)22-13-15-6-5-11-30-15/h3-4,7-10,12,15,24H,5-6,11,13H2,1-2H3,(H,22,26)(H,23,25)/t15-/m0/s1. The number of carbonyl (C=O) groups excluding carboxylic acids is 2. The molecule has 0 spiro atoms. The van der Waals surface area contributed by atoms with Gasteiger partial charge < -0.3 is 20.1 Å². The van der Waals surface area contributed by atoms with E-state index in [0.29, 0.717) is 18.9 Å². The van der Waals surface area contributed by atoms with E-state index in [1.807, 2.05) is 0 Å². The van der Waals surface area contributed by atoms with E-state index in [1.54, 1.807) is 18.2 Å². The monoisotopic (exact) mass is 447 g/mol. The summed E-state index contributed by atoms with van der Waals surface area (Å²) >= 11 is 0. The number of carbonyl (C=O) groups is 2. The Morgan fingerprint density at radius 3 is 2.61 bits per heavy atom. The summed E-state index contributed by atoms with van der Waals surface area (Å²) in [6, 6.07) is 10.4. The SMILES string of the molecule is COc1ccc(S(=O)(=O)Nc2ccccc2C(=O)NC[C@@H]2CCCO2)cc1NC(C)=O. The van der Waals surface area contributed by atoms with E-state index in [1.165, 1.54) is 38.3 Å². The summed E-state index contributed by atoms with van der Waals surface area (Å²) in [7, 11) is -2.63. The first-order valence-corrected chi connectivity index (χ1v) is 11.3. The molecule has 1 saturated heterocycles. The van der Waals surface area contributed by atoms with Crippen molar-refractivity contribution in [1.29, 1.82) is 0 Å². The molecule has 9 nitrogen and oxygen atoms in total. The van der Waals surface area contributed by atoms with Gasteiger partial charge in [0.05, 0.1) is 35.0 Å². The van der Waals surface area contributed by atoms with Gasteiger partial charge in [0.15, 0.2) is 0 Å². The van der Waals surface area contributed by atoms with Crippen LogP contribution in [0.3, 0.4) is 0 Å². The van der Waals surface area contributed by atoms with Gasteiger partial charge in [-0.15, -0.1) is 0 Å². The molecule has 1 atom stereocenters. The number of methoxy groups -OCH3 is 1. The van der Waals surface area contributed by atoms with Gasteiger partial charge in [0.2, 0.25) is 5.91 Å². The normalized spacial score (nSPS) is 15.9. The molecule has 0 radical (unpaired) electrons. The summed E-state index contributed by atoms with van der Waals surface area (Å²) < 4.78 is 39.0. The zero-order valence-electron chi connectivity index (χ0n) is 17.3. The molecule has 0 bridgehead atoms. The Hall–Kier alpha value is -3.11. The molecule has 1 aliphatic rings. The van der Waals surface area contributed by atoms with Gasteiger partial charge >= 0.3 is 0 Å². The predicted molar refractivity (Wildman–Crippen MR) is 116 cm³/mol. The minimum Gasteiger partial charge on any atom is -0.495 e. The smallest absolute Gasteiger partial charge is 0.261 e. The highest BCUT2D eigenvalue weighted by atomic mass is 32.2. The second-order valence-corrected chi connectivity index (χ2v) is 8.72. The third-order valence-electron chi connectivity index (χ3n) is 4.72. The molecule has 2 aromatic carbocycles. The number of para-hydroxylation sites is 1. The summed E-state index contributed by atoms with van der Waals surface area (Å²) in [6.07, 6.45) is 1.81. The van der Waals surface area contributed by atoms with Crippen LogP contribution in [0.15, 0.2) is 47.4 Å². The first-order valence-electron chi connectivity index (χ1n) is 9.77. The fourth-order valence-electron chi connectivity index (χ4n) is 3.22. The molecular weight excluding hydrogens is 422 g/mol. The van der Waals surface area contributed by atoms with Gasteiger partial charge in [0.1, 0.15) is 5.75 Å². The molecule has 2 amide bonds. The van der Waals surface area contributed by atoms with Crippen molar-refractivity contribution in [2.75, 3.05) is 30.3 Å². The van der Waals surface area contributed by atoms with Crippen molar-refractivity contribution in [3.63, 3.8) is 0 Å². The van der Waals surface area contributed by atoms with Crippen molar-refractivity contribution in [2.45, 2.75) is 30.8 Å². The quantitative estimate of drug-likeness (QED) is 0.571. The number of sulfonamides is 1. The van der Waals surface area contributed by atoms with E-state index in [-0.39, 0.29) is 33.8 Å². The van der Waals surface area contributed by atoms with Gasteiger partial charge in [-0.1, -0.05) is 12.1 Å². The highest BCUT2D eigenvalue weighted by Gasteiger charge is 2.22. The number of hydrogen-bond donors (Lipinski definition) is 3. The third kappa shape index (κ3) is 5.74. The zero-order chi connectivity index (χ0) is 22.4. The lowest BCUT2D eigenvalue weighted by Crippen LogP contribution is -2.32. The molecule has 0 saturated carbocycles. The summed E-state index contributed by atoms with van der Waals surface area (Å²) in [4.78, 5) is 24.0. The minimum absolute atomic E-state index is 0.0284. The second-order valence-electron chi connectivity index (χ2n) is 7.04. The third-order valence-corrected chi connectivity index (χ3v) is 6.09. The van der Waals surface area contributed by atoms with Crippen LogP contribution in [0.25, 0.3) is 0 Å². The number of rotatable bonds is 8. The molecule has 3 rings (SSSR count). The Kier molecular flexibility index (Phi) is 7.13. The van der Waals surface area contributed by atoms with Crippen LogP contribution in [0.4, 0.5) is 11.4 Å². The van der Waals surface area contributed by atoms with E-state index in [4.69, 9.17) is 9.47 Å². The molecule has 166 valence electrons. The number of amides is 2. The maximum atomic E-state index is 13.0. The average Bonchev–Trinajstić information content (AvgIpc) is 3.25. The maximum Gasteiger partial charge on any atom is 0.261 e. The van der Waals surface area contributed by atoms with E-state index >= 15 is 0 Å². The minimum atomic E-state index is -4.04. The molecular formula is C21H25N3O6S. The van der Waals surface area contributed by atoms with Crippen molar-refractivity contribution in [2.24, 2.45) is 0 Å². The van der Waals surface area contributed by atoms with E-state index < -0.39 is 15.9 Å². The van der Waals surface area contributed by atoms with Crippen LogP contribution in [-0.4, -0.2) is 46.6 Å². The van der Waals surface area contributed by atoms with Gasteiger partial charge in [-0.25, -0.2) is 8.42 Å². The van der Waals surface area contributed by atoms with Gasteiger partial charge in [-0.3, -0.25) is 14.3 Å². The molecule has 0 aromatic heterocycles. The second kappa shape index (κ2) is 9.80. The number of ether oxygens (including phenoxy) is 2. The summed E-state index contributed by atoms with van der Waals surface area (Å²) in [5, 5.41) is 5.33. The van der Waals surface area contributed by atoms with Crippen LogP contribution < -0.4 is 20.1 Å². The van der Waals surface area contributed by atoms with Gasteiger partial charge in [0.25, 0.3) is 15.9 Å². The maximum absolute atomic E-state index is 13.0. The van der Waals surface area contributed by atoms with Crippen LogP contribution in [0.5, 0.6) is 5.75 Å². The molecule has 1 heterocycles. The van der Waals surface area contributed by atoms with E-state index in [2.05, 4.69) is 15.4 Å². The molecule has 2 aromatic rings. The Bertz CT molecular complexity index is 1060. The summed E-state index contributed by atoms with van der Waals surface area (Å²) in [5.41, 5.74) is 0.560. The molecule has 1 fully saturated rings. The number of anilines is 2. The summed E-state index contributed by atoms with van der Waals surface area (Å²) in [6.45, 7) is 2.35. The molecule has 0 aliphatic carbocycles. The lowest BCUT2D eigenvalue weighted by Gasteiger charge is -2.15. The van der Waals surface area contributed by atoms with Crippen LogP contribution in [0.1, 0.15) is 30.1 Å². The Labute approximate surface area is 181 Å². The average molecular weight is 448 g/mol. The van der Waals surface area contributed by atoms with Crippen LogP contribution >= 0.6 is 0 Å². The van der Waals surface area contributed by atoms with E-state index in [9.17, 15) is 18.0 Å². The largest absolute Gasteiger partial charge is 0.495 e. The van der Waals surface area contributed by atoms with Crippen LogP contribution in [0, 0.1) is 0 Å². The predicted octanol–water partition coefficient (Wildman–Crippen LogP) is 2.36. The van der Waals surface area contributed by atoms with E-state index in [0.717, 1.165) is 12.8 Å². The Balaban J connectivity index is 1.81. The highest BCUT2D eigenvalue weighted by molar-refractivity contribution is 7.92. The molecule has 0 unspecified atom stereocenters. The van der Waals surface area contributed by atoms with Gasteiger partial charge in [-0.2, -0.15) is 0 Å². The molecule has 31 heavy (non-hydrogen) atoms.